The molecule has 1 unspecified atom stereocenters. The van der Waals surface area contributed by atoms with E-state index < -0.39 is 0 Å². The molecule has 3 heteroatoms. The fourth-order valence-corrected chi connectivity index (χ4v) is 3.18. The molecule has 1 aliphatic heterocycles. The van der Waals surface area contributed by atoms with E-state index in [1.807, 2.05) is 0 Å². The molecule has 0 aromatic rings. The summed E-state index contributed by atoms with van der Waals surface area (Å²) in [5.74, 6) is 0. The van der Waals surface area contributed by atoms with Crippen LogP contribution in [0.1, 0.15) is 54.4 Å². The van der Waals surface area contributed by atoms with E-state index in [1.54, 1.807) is 0 Å². The van der Waals surface area contributed by atoms with Crippen molar-refractivity contribution in [2.75, 3.05) is 32.7 Å². The largest absolute Gasteiger partial charge is 0.297 e. The van der Waals surface area contributed by atoms with Crippen molar-refractivity contribution in [1.82, 2.24) is 14.7 Å². The van der Waals surface area contributed by atoms with Gasteiger partial charge in [-0.1, -0.05) is 13.3 Å². The van der Waals surface area contributed by atoms with Gasteiger partial charge in [0.1, 0.15) is 0 Å². The minimum atomic E-state index is 0.632. The molecule has 1 heterocycles. The van der Waals surface area contributed by atoms with E-state index in [9.17, 15) is 0 Å². The predicted molar refractivity (Wildman–Crippen MR) is 84.5 cm³/mol. The van der Waals surface area contributed by atoms with Gasteiger partial charge in [-0.15, -0.1) is 0 Å². The van der Waals surface area contributed by atoms with Crippen LogP contribution < -0.4 is 0 Å². The lowest BCUT2D eigenvalue weighted by Gasteiger charge is -2.34. The highest BCUT2D eigenvalue weighted by Gasteiger charge is 2.27. The molecule has 114 valence electrons. The third kappa shape index (κ3) is 5.05. The molecule has 0 N–H and O–H groups in total. The van der Waals surface area contributed by atoms with E-state index in [0.717, 1.165) is 0 Å². The van der Waals surface area contributed by atoms with Crippen LogP contribution in [0.25, 0.3) is 0 Å². The van der Waals surface area contributed by atoms with E-state index in [4.69, 9.17) is 0 Å². The molecule has 0 spiro atoms. The Bertz CT molecular complexity index is 232. The molecule has 3 nitrogen and oxygen atoms in total. The summed E-state index contributed by atoms with van der Waals surface area (Å²) in [6.45, 7) is 20.1. The van der Waals surface area contributed by atoms with Gasteiger partial charge in [0.05, 0.1) is 6.17 Å². The Balaban J connectivity index is 2.37. The Morgan fingerprint density at radius 1 is 1.00 bits per heavy atom. The molecule has 19 heavy (non-hydrogen) atoms. The summed E-state index contributed by atoms with van der Waals surface area (Å²) in [5, 5.41) is 0. The van der Waals surface area contributed by atoms with Crippen LogP contribution in [-0.2, 0) is 0 Å². The highest BCUT2D eigenvalue weighted by Crippen LogP contribution is 2.15. The zero-order valence-electron chi connectivity index (χ0n) is 14.0. The van der Waals surface area contributed by atoms with Crippen LogP contribution in [0.3, 0.4) is 0 Å². The number of unbranched alkanes of at least 4 members (excludes halogenated alkanes) is 1. The van der Waals surface area contributed by atoms with Crippen molar-refractivity contribution in [3.8, 4) is 0 Å². The van der Waals surface area contributed by atoms with Crippen LogP contribution in [0, 0.1) is 0 Å². The number of nitrogens with zero attached hydrogens (tertiary/aromatic N) is 3. The zero-order valence-corrected chi connectivity index (χ0v) is 14.0. The third-order valence-corrected chi connectivity index (χ3v) is 4.50. The van der Waals surface area contributed by atoms with Crippen molar-refractivity contribution in [3.63, 3.8) is 0 Å². The fraction of sp³-hybridized carbons (Fsp3) is 1.00. The molecule has 0 aromatic heterocycles. The van der Waals surface area contributed by atoms with Gasteiger partial charge in [0.25, 0.3) is 0 Å². The molecular formula is C16H35N3. The van der Waals surface area contributed by atoms with Gasteiger partial charge in [-0.25, -0.2) is 0 Å². The molecule has 0 radical (unpaired) electrons. The molecule has 1 atom stereocenters. The third-order valence-electron chi connectivity index (χ3n) is 4.50. The average molecular weight is 269 g/mol. The van der Waals surface area contributed by atoms with Crippen LogP contribution in [0.4, 0.5) is 0 Å². The maximum atomic E-state index is 2.65. The first-order valence-corrected chi connectivity index (χ1v) is 8.21. The van der Waals surface area contributed by atoms with Crippen molar-refractivity contribution >= 4 is 0 Å². The van der Waals surface area contributed by atoms with Crippen LogP contribution >= 0.6 is 0 Å². The van der Waals surface area contributed by atoms with Crippen LogP contribution in [0.2, 0.25) is 0 Å². The Morgan fingerprint density at radius 2 is 1.53 bits per heavy atom. The van der Waals surface area contributed by atoms with Crippen LogP contribution in [0.5, 0.6) is 0 Å². The van der Waals surface area contributed by atoms with Crippen molar-refractivity contribution in [2.45, 2.75) is 72.6 Å². The molecule has 1 rings (SSSR count). The SMILES string of the molecule is CCCCN1CCN(CCN(C(C)C)C(C)C)C1C. The second kappa shape index (κ2) is 8.23. The van der Waals surface area contributed by atoms with E-state index >= 15 is 0 Å². The summed E-state index contributed by atoms with van der Waals surface area (Å²) < 4.78 is 0. The van der Waals surface area contributed by atoms with Gasteiger partial charge in [0.2, 0.25) is 0 Å². The van der Waals surface area contributed by atoms with Gasteiger partial charge in [-0.2, -0.15) is 0 Å². The summed E-state index contributed by atoms with van der Waals surface area (Å²) in [5.41, 5.74) is 0. The summed E-state index contributed by atoms with van der Waals surface area (Å²) in [6.07, 6.45) is 3.27. The van der Waals surface area contributed by atoms with Crippen molar-refractivity contribution in [3.05, 3.63) is 0 Å². The highest BCUT2D eigenvalue weighted by atomic mass is 15.4. The van der Waals surface area contributed by atoms with Crippen molar-refractivity contribution < 1.29 is 0 Å². The minimum absolute atomic E-state index is 0.632. The van der Waals surface area contributed by atoms with Crippen molar-refractivity contribution in [1.29, 1.82) is 0 Å². The molecule has 1 aliphatic rings. The van der Waals surface area contributed by atoms with Gasteiger partial charge in [-0.3, -0.25) is 14.7 Å². The van der Waals surface area contributed by atoms with Gasteiger partial charge >= 0.3 is 0 Å². The average Bonchev–Trinajstić information content (AvgIpc) is 2.67. The first-order valence-electron chi connectivity index (χ1n) is 8.21. The topological polar surface area (TPSA) is 9.72 Å². The lowest BCUT2D eigenvalue weighted by atomic mass is 10.2. The van der Waals surface area contributed by atoms with Gasteiger partial charge in [-0.05, 0) is 47.6 Å². The van der Waals surface area contributed by atoms with E-state index in [1.165, 1.54) is 45.6 Å². The van der Waals surface area contributed by atoms with E-state index in [0.29, 0.717) is 18.2 Å². The zero-order chi connectivity index (χ0) is 14.4. The smallest absolute Gasteiger partial charge is 0.0594 e. The van der Waals surface area contributed by atoms with Gasteiger partial charge in [0.15, 0.2) is 0 Å². The maximum absolute atomic E-state index is 2.65. The maximum Gasteiger partial charge on any atom is 0.0594 e. The first kappa shape index (κ1) is 16.9. The molecule has 0 saturated carbocycles. The Kier molecular flexibility index (Phi) is 7.33. The molecule has 0 aromatic carbocycles. The number of hydrogen-bond acceptors (Lipinski definition) is 3. The van der Waals surface area contributed by atoms with Crippen LogP contribution in [-0.4, -0.2) is 65.7 Å². The van der Waals surface area contributed by atoms with Gasteiger partial charge < -0.3 is 0 Å². The second-order valence-corrected chi connectivity index (χ2v) is 6.48. The fourth-order valence-electron chi connectivity index (χ4n) is 3.18. The molecule has 1 saturated heterocycles. The van der Waals surface area contributed by atoms with E-state index in [2.05, 4.69) is 56.2 Å². The summed E-state index contributed by atoms with van der Waals surface area (Å²) in [4.78, 5) is 7.88. The number of rotatable bonds is 8. The van der Waals surface area contributed by atoms with Crippen molar-refractivity contribution in [2.24, 2.45) is 0 Å². The predicted octanol–water partition coefficient (Wildman–Crippen LogP) is 2.87. The summed E-state index contributed by atoms with van der Waals surface area (Å²) >= 11 is 0. The summed E-state index contributed by atoms with van der Waals surface area (Å²) in [6, 6.07) is 1.29. The molecule has 0 aliphatic carbocycles. The second-order valence-electron chi connectivity index (χ2n) is 6.48. The molecule has 0 bridgehead atoms. The standard InChI is InChI=1S/C16H35N3/c1-7-8-9-17-10-11-18(16(17)6)12-13-19(14(2)3)15(4)5/h14-16H,7-13H2,1-6H3. The number of hydrogen-bond donors (Lipinski definition) is 0. The minimum Gasteiger partial charge on any atom is -0.297 e. The highest BCUT2D eigenvalue weighted by molar-refractivity contribution is 4.80. The van der Waals surface area contributed by atoms with Crippen LogP contribution in [0.15, 0.2) is 0 Å². The Morgan fingerprint density at radius 3 is 2.00 bits per heavy atom. The molecule has 1 fully saturated rings. The summed E-state index contributed by atoms with van der Waals surface area (Å²) in [7, 11) is 0. The quantitative estimate of drug-likeness (QED) is 0.671. The normalized spacial score (nSPS) is 22.3. The Labute approximate surface area is 120 Å². The molecular weight excluding hydrogens is 234 g/mol. The van der Waals surface area contributed by atoms with Gasteiger partial charge in [0, 0.05) is 38.3 Å². The lowest BCUT2D eigenvalue weighted by Crippen LogP contribution is -2.44. The monoisotopic (exact) mass is 269 g/mol. The first-order chi connectivity index (χ1) is 8.97. The van der Waals surface area contributed by atoms with E-state index in [-0.39, 0.29) is 0 Å². The Hall–Kier alpha value is -0.120. The molecule has 0 amide bonds. The lowest BCUT2D eigenvalue weighted by molar-refractivity contribution is 0.111.